The molecule has 0 aliphatic carbocycles. The quantitative estimate of drug-likeness (QED) is 0.429. The van der Waals surface area contributed by atoms with Gasteiger partial charge in [0, 0.05) is 14.1 Å². The smallest absolute Gasteiger partial charge is 0.279 e. The van der Waals surface area contributed by atoms with Crippen molar-refractivity contribution in [3.8, 4) is 0 Å². The van der Waals surface area contributed by atoms with Gasteiger partial charge in [-0.3, -0.25) is 9.59 Å². The second-order valence-corrected chi connectivity index (χ2v) is 6.12. The average molecular weight is 186 g/mol. The molecule has 0 heterocycles. The van der Waals surface area contributed by atoms with Crippen LogP contribution in [-0.4, -0.2) is 45.2 Å². The molecule has 68 valence electrons. The minimum Gasteiger partial charge on any atom is -0.356 e. The van der Waals surface area contributed by atoms with Gasteiger partial charge in [0.05, 0.1) is 0 Å². The summed E-state index contributed by atoms with van der Waals surface area (Å²) in [4.78, 5) is 20.9. The van der Waals surface area contributed by atoms with Crippen LogP contribution in [0.15, 0.2) is 11.8 Å². The van der Waals surface area contributed by atoms with E-state index in [1.165, 1.54) is 9.13 Å². The van der Waals surface area contributed by atoms with E-state index >= 15 is 0 Å². The molecule has 0 saturated heterocycles. The number of rotatable bonds is 5. The summed E-state index contributed by atoms with van der Waals surface area (Å²) in [5, 5.41) is 0.888. The summed E-state index contributed by atoms with van der Waals surface area (Å²) in [5.41, 5.74) is 0. The molecule has 0 N–H and O–H groups in total. The largest absolute Gasteiger partial charge is 0.356 e. The van der Waals surface area contributed by atoms with Crippen molar-refractivity contribution in [2.24, 2.45) is 0 Å². The molecule has 0 unspecified atom stereocenters. The van der Waals surface area contributed by atoms with Crippen molar-refractivity contribution in [3.63, 3.8) is 0 Å². The summed E-state index contributed by atoms with van der Waals surface area (Å²) in [7, 11) is 1.57. The van der Waals surface area contributed by atoms with E-state index in [9.17, 15) is 9.59 Å². The molecule has 0 fully saturated rings. The van der Waals surface area contributed by atoms with E-state index in [1.807, 2.05) is 6.92 Å². The second-order valence-electron chi connectivity index (χ2n) is 2.76. The van der Waals surface area contributed by atoms with Crippen molar-refractivity contribution >= 4 is 21.9 Å². The zero-order chi connectivity index (χ0) is 9.72. The summed E-state index contributed by atoms with van der Waals surface area (Å²) in [5.74, 6) is 0. The number of hydrogen-bond acceptors (Lipinski definition) is 2. The van der Waals surface area contributed by atoms with Crippen LogP contribution in [-0.2, 0) is 9.59 Å². The van der Waals surface area contributed by atoms with E-state index in [0.29, 0.717) is 0 Å². The third-order valence-electron chi connectivity index (χ3n) is 1.54. The molecular weight excluding hydrogens is 172 g/mol. The Kier molecular flexibility index (Phi) is 4.28. The van der Waals surface area contributed by atoms with Gasteiger partial charge in [-0.1, -0.05) is 5.20 Å². The van der Waals surface area contributed by atoms with E-state index in [4.69, 9.17) is 0 Å². The third-order valence-corrected chi connectivity index (χ3v) is 4.21. The molecule has 0 radical (unpaired) electrons. The molecule has 12 heavy (non-hydrogen) atoms. The van der Waals surface area contributed by atoms with Gasteiger partial charge in [0.25, 0.3) is 9.12 Å². The van der Waals surface area contributed by atoms with Gasteiger partial charge in [-0.25, -0.2) is 0 Å². The van der Waals surface area contributed by atoms with Gasteiger partial charge in [0.2, 0.25) is 12.8 Å². The molecule has 0 rings (SSSR count). The summed E-state index contributed by atoms with van der Waals surface area (Å²) in [6.07, 6.45) is 1.46. The van der Waals surface area contributed by atoms with Gasteiger partial charge in [-0.15, -0.1) is 6.58 Å². The minimum absolute atomic E-state index is 0.728. The predicted molar refractivity (Wildman–Crippen MR) is 49.6 cm³/mol. The van der Waals surface area contributed by atoms with Crippen molar-refractivity contribution < 1.29 is 9.59 Å². The molecule has 0 atom stereocenters. The van der Waals surface area contributed by atoms with Gasteiger partial charge >= 0.3 is 0 Å². The maximum atomic E-state index is 10.4. The summed E-state index contributed by atoms with van der Waals surface area (Å²) in [6, 6.07) is 0. The highest BCUT2D eigenvalue weighted by Crippen LogP contribution is 2.02. The van der Waals surface area contributed by atoms with Crippen LogP contribution in [0.1, 0.15) is 6.92 Å². The predicted octanol–water partition coefficient (Wildman–Crippen LogP) is -0.501. The highest BCUT2D eigenvalue weighted by molar-refractivity contribution is 6.64. The Morgan fingerprint density at radius 3 is 1.75 bits per heavy atom. The first-order valence-corrected chi connectivity index (χ1v) is 5.15. The van der Waals surface area contributed by atoms with Crippen LogP contribution < -0.4 is 0 Å². The third kappa shape index (κ3) is 2.50. The fraction of sp³-hybridized carbons (Fsp3) is 0.429. The van der Waals surface area contributed by atoms with Crippen molar-refractivity contribution in [1.29, 1.82) is 0 Å². The van der Waals surface area contributed by atoms with Gasteiger partial charge in [0.1, 0.15) is 0 Å². The Morgan fingerprint density at radius 2 is 1.58 bits per heavy atom. The van der Waals surface area contributed by atoms with E-state index in [2.05, 4.69) is 6.58 Å². The number of nitrogens with zero attached hydrogens (tertiary/aromatic N) is 2. The number of carbonyl (C=O) groups excluding carboxylic acids is 2. The van der Waals surface area contributed by atoms with E-state index in [0.717, 1.165) is 18.0 Å². The van der Waals surface area contributed by atoms with Crippen LogP contribution in [0.25, 0.3) is 0 Å². The molecule has 0 saturated carbocycles. The van der Waals surface area contributed by atoms with Gasteiger partial charge in [-0.05, 0) is 6.92 Å². The first-order valence-electron chi connectivity index (χ1n) is 3.54. The monoisotopic (exact) mass is 186 g/mol. The lowest BCUT2D eigenvalue weighted by molar-refractivity contribution is -0.115. The van der Waals surface area contributed by atoms with Crippen LogP contribution in [0.2, 0.25) is 0 Å². The topological polar surface area (TPSA) is 40.6 Å². The highest BCUT2D eigenvalue weighted by Gasteiger charge is 2.21. The Morgan fingerprint density at radius 1 is 1.25 bits per heavy atom. The lowest BCUT2D eigenvalue weighted by atomic mass is 10.8. The number of carbonyl (C=O) groups is 2. The normalized spacial score (nSPS) is 9.33. The fourth-order valence-corrected chi connectivity index (χ4v) is 3.29. The Balaban J connectivity index is 4.52. The Labute approximate surface area is 74.2 Å². The van der Waals surface area contributed by atoms with Crippen LogP contribution >= 0.6 is 0 Å². The average Bonchev–Trinajstić information content (AvgIpc) is 2.03. The van der Waals surface area contributed by atoms with Crippen molar-refractivity contribution in [3.05, 3.63) is 11.8 Å². The SMILES string of the molecule is C=C(C)[SiH](N(C)C=O)N(C)C=O. The number of hydrogen-bond donors (Lipinski definition) is 0. The van der Waals surface area contributed by atoms with E-state index in [1.54, 1.807) is 14.1 Å². The van der Waals surface area contributed by atoms with Crippen molar-refractivity contribution in [1.82, 2.24) is 9.13 Å². The van der Waals surface area contributed by atoms with Crippen LogP contribution in [0.3, 0.4) is 0 Å². The molecule has 4 nitrogen and oxygen atoms in total. The lowest BCUT2D eigenvalue weighted by Gasteiger charge is -2.28. The molecule has 0 aromatic rings. The molecule has 0 spiro atoms. The number of amides is 2. The zero-order valence-corrected chi connectivity index (χ0v) is 8.80. The van der Waals surface area contributed by atoms with Gasteiger partial charge in [0.15, 0.2) is 0 Å². The molecule has 2 amide bonds. The first kappa shape index (κ1) is 10.9. The minimum atomic E-state index is -1.76. The number of allylic oxidation sites excluding steroid dienone is 1. The summed E-state index contributed by atoms with van der Waals surface area (Å²) >= 11 is 0. The molecule has 0 aromatic carbocycles. The molecular formula is C7H14N2O2Si. The lowest BCUT2D eigenvalue weighted by Crippen LogP contribution is -2.49. The maximum Gasteiger partial charge on any atom is 0.279 e. The van der Waals surface area contributed by atoms with Crippen LogP contribution in [0, 0.1) is 0 Å². The molecule has 0 bridgehead atoms. The summed E-state index contributed by atoms with van der Waals surface area (Å²) < 4.78 is 3.05. The van der Waals surface area contributed by atoms with Gasteiger partial charge < -0.3 is 9.13 Å². The summed E-state index contributed by atoms with van der Waals surface area (Å²) in [6.45, 7) is 5.58. The first-order chi connectivity index (χ1) is 5.54. The van der Waals surface area contributed by atoms with Crippen LogP contribution in [0.4, 0.5) is 0 Å². The second kappa shape index (κ2) is 4.71. The Hall–Kier alpha value is -1.10. The highest BCUT2D eigenvalue weighted by atomic mass is 28.3. The van der Waals surface area contributed by atoms with Gasteiger partial charge in [-0.2, -0.15) is 0 Å². The van der Waals surface area contributed by atoms with Crippen LogP contribution in [0.5, 0.6) is 0 Å². The van der Waals surface area contributed by atoms with Crippen molar-refractivity contribution in [2.45, 2.75) is 6.92 Å². The van der Waals surface area contributed by atoms with Crippen molar-refractivity contribution in [2.75, 3.05) is 14.1 Å². The fourth-order valence-electron chi connectivity index (χ4n) is 1.10. The molecule has 0 aromatic heterocycles. The Bertz CT molecular complexity index is 182. The molecule has 5 heteroatoms. The maximum absolute atomic E-state index is 10.4. The molecule has 0 aliphatic rings. The van der Waals surface area contributed by atoms with E-state index in [-0.39, 0.29) is 0 Å². The standard InChI is InChI=1S/C7H14N2O2Si/c1-7(2)12(8(3)5-10)9(4)6-11/h5-6,12H,1H2,2-4H3. The molecule has 0 aliphatic heterocycles. The zero-order valence-electron chi connectivity index (χ0n) is 7.65. The van der Waals surface area contributed by atoms with E-state index < -0.39 is 9.12 Å².